The zero-order chi connectivity index (χ0) is 16.6. The predicted octanol–water partition coefficient (Wildman–Crippen LogP) is 1.41. The Labute approximate surface area is 135 Å². The number of pyridine rings is 1. The molecule has 0 saturated carbocycles. The molecule has 1 aromatic heterocycles. The fourth-order valence-corrected chi connectivity index (χ4v) is 4.44. The first kappa shape index (κ1) is 15.7. The Kier molecular flexibility index (Phi) is 3.96. The highest BCUT2D eigenvalue weighted by Gasteiger charge is 2.29. The van der Waals surface area contributed by atoms with Gasteiger partial charge in [-0.3, -0.25) is 4.98 Å². The lowest BCUT2D eigenvalue weighted by molar-refractivity contribution is 0.425. The van der Waals surface area contributed by atoms with Gasteiger partial charge < -0.3 is 10.2 Å². The fourth-order valence-electron chi connectivity index (χ4n) is 2.90. The van der Waals surface area contributed by atoms with Gasteiger partial charge in [-0.2, -0.15) is 5.26 Å². The highest BCUT2D eigenvalue weighted by molar-refractivity contribution is 7.91. The second kappa shape index (κ2) is 5.80. The molecule has 2 heterocycles. The van der Waals surface area contributed by atoms with Crippen LogP contribution in [0, 0.1) is 11.3 Å². The summed E-state index contributed by atoms with van der Waals surface area (Å²) in [5, 5.41) is 13.4. The number of rotatable bonds is 4. The minimum atomic E-state index is -3.21. The van der Waals surface area contributed by atoms with E-state index in [0.29, 0.717) is 34.6 Å². The molecular weight excluding hydrogens is 312 g/mol. The third kappa shape index (κ3) is 2.76. The predicted molar refractivity (Wildman–Crippen MR) is 89.3 cm³/mol. The average molecular weight is 330 g/mol. The summed E-state index contributed by atoms with van der Waals surface area (Å²) >= 11 is 0. The molecule has 1 aromatic carbocycles. The third-order valence-corrected chi connectivity index (χ3v) is 5.83. The van der Waals surface area contributed by atoms with Gasteiger partial charge in [0.1, 0.15) is 6.07 Å². The van der Waals surface area contributed by atoms with Crippen molar-refractivity contribution in [2.24, 2.45) is 0 Å². The molecule has 0 saturated heterocycles. The number of aryl methyl sites for hydroxylation is 1. The lowest BCUT2D eigenvalue weighted by atomic mass is 10.0. The minimum Gasteiger partial charge on any atom is -0.382 e. The summed E-state index contributed by atoms with van der Waals surface area (Å²) in [7, 11) is 0.734. The van der Waals surface area contributed by atoms with Crippen LogP contribution < -0.4 is 5.32 Å². The Hall–Kier alpha value is -2.17. The van der Waals surface area contributed by atoms with E-state index >= 15 is 0 Å². The van der Waals surface area contributed by atoms with Crippen LogP contribution in [0.4, 0.5) is 5.69 Å². The molecule has 3 rings (SSSR count). The van der Waals surface area contributed by atoms with E-state index < -0.39 is 9.84 Å². The van der Waals surface area contributed by atoms with Crippen molar-refractivity contribution in [3.05, 3.63) is 29.5 Å². The van der Waals surface area contributed by atoms with Crippen molar-refractivity contribution >= 4 is 26.4 Å². The zero-order valence-corrected chi connectivity index (χ0v) is 13.9. The quantitative estimate of drug-likeness (QED) is 0.912. The highest BCUT2D eigenvalue weighted by atomic mass is 32.2. The van der Waals surface area contributed by atoms with E-state index in [1.54, 1.807) is 12.1 Å². The number of benzene rings is 1. The van der Waals surface area contributed by atoms with Crippen LogP contribution in [0.15, 0.2) is 23.2 Å². The minimum absolute atomic E-state index is 0.120. The Morgan fingerprint density at radius 2 is 2.17 bits per heavy atom. The zero-order valence-electron chi connectivity index (χ0n) is 13.1. The Morgan fingerprint density at radius 3 is 2.87 bits per heavy atom. The van der Waals surface area contributed by atoms with Crippen molar-refractivity contribution in [2.45, 2.75) is 11.3 Å². The number of hydrogen-bond acceptors (Lipinski definition) is 6. The van der Waals surface area contributed by atoms with E-state index in [4.69, 9.17) is 0 Å². The van der Waals surface area contributed by atoms with Gasteiger partial charge in [0.05, 0.1) is 27.4 Å². The summed E-state index contributed by atoms with van der Waals surface area (Å²) in [6, 6.07) is 5.49. The first-order valence-electron chi connectivity index (χ1n) is 7.40. The lowest BCUT2D eigenvalue weighted by Crippen LogP contribution is -2.21. The molecule has 0 fully saturated rings. The maximum Gasteiger partial charge on any atom is 0.179 e. The Morgan fingerprint density at radius 1 is 1.39 bits per heavy atom. The number of nitriles is 1. The van der Waals surface area contributed by atoms with Crippen molar-refractivity contribution in [3.8, 4) is 6.07 Å². The molecule has 0 amide bonds. The van der Waals surface area contributed by atoms with Crippen molar-refractivity contribution in [1.29, 1.82) is 5.26 Å². The second-order valence-corrected chi connectivity index (χ2v) is 7.97. The summed E-state index contributed by atoms with van der Waals surface area (Å²) < 4.78 is 24.3. The van der Waals surface area contributed by atoms with Crippen LogP contribution in [-0.2, 0) is 16.3 Å². The third-order valence-electron chi connectivity index (χ3n) is 4.04. The normalized spacial score (nSPS) is 15.6. The first-order chi connectivity index (χ1) is 10.9. The van der Waals surface area contributed by atoms with Gasteiger partial charge >= 0.3 is 0 Å². The number of aromatic nitrogens is 1. The number of nitrogens with zero attached hydrogens (tertiary/aromatic N) is 3. The topological polar surface area (TPSA) is 86.1 Å². The number of anilines is 1. The molecule has 6 nitrogen and oxygen atoms in total. The number of likely N-dealkylation sites (N-methyl/N-ethyl adjacent to an activating group) is 1. The highest BCUT2D eigenvalue weighted by Crippen LogP contribution is 2.36. The smallest absolute Gasteiger partial charge is 0.179 e. The van der Waals surface area contributed by atoms with Gasteiger partial charge in [0.25, 0.3) is 0 Å². The Bertz CT molecular complexity index is 914. The van der Waals surface area contributed by atoms with Gasteiger partial charge in [0, 0.05) is 24.7 Å². The van der Waals surface area contributed by atoms with Crippen molar-refractivity contribution < 1.29 is 8.42 Å². The number of nitrogens with one attached hydrogen (secondary N) is 1. The number of fused-ring (bicyclic) bond motifs is 3. The van der Waals surface area contributed by atoms with Crippen LogP contribution in [0.5, 0.6) is 0 Å². The van der Waals surface area contributed by atoms with Gasteiger partial charge in [0.2, 0.25) is 0 Å². The standard InChI is InChI=1S/C16H18N4O2S/c1-20(2)7-6-18-16-11(9-17)10-19-13-3-4-14-12(15(13)16)5-8-23(14,21)22/h3-4,10H,5-8H2,1-2H3,(H,18,19). The van der Waals surface area contributed by atoms with Crippen LogP contribution in [0.3, 0.4) is 0 Å². The SMILES string of the molecule is CN(C)CCNc1c(C#N)cnc2ccc3c(c12)CCS3(=O)=O. The second-order valence-electron chi connectivity index (χ2n) is 5.89. The van der Waals surface area contributed by atoms with E-state index in [2.05, 4.69) is 16.4 Å². The molecule has 1 N–H and O–H groups in total. The number of hydrogen-bond donors (Lipinski definition) is 1. The van der Waals surface area contributed by atoms with Crippen LogP contribution in [0.25, 0.3) is 10.9 Å². The summed E-state index contributed by atoms with van der Waals surface area (Å²) in [4.78, 5) is 6.73. The molecule has 7 heteroatoms. The summed E-state index contributed by atoms with van der Waals surface area (Å²) in [6.45, 7) is 1.47. The molecular formula is C16H18N4O2S. The first-order valence-corrected chi connectivity index (χ1v) is 9.05. The largest absolute Gasteiger partial charge is 0.382 e. The van der Waals surface area contributed by atoms with E-state index in [1.165, 1.54) is 6.20 Å². The average Bonchev–Trinajstić information content (AvgIpc) is 2.82. The van der Waals surface area contributed by atoms with E-state index in [0.717, 1.165) is 17.5 Å². The van der Waals surface area contributed by atoms with Crippen LogP contribution in [0.2, 0.25) is 0 Å². The van der Waals surface area contributed by atoms with Gasteiger partial charge in [-0.1, -0.05) is 0 Å². The molecule has 0 atom stereocenters. The van der Waals surface area contributed by atoms with Gasteiger partial charge in [-0.15, -0.1) is 0 Å². The van der Waals surface area contributed by atoms with E-state index in [9.17, 15) is 13.7 Å². The van der Waals surface area contributed by atoms with Crippen LogP contribution >= 0.6 is 0 Å². The molecule has 0 spiro atoms. The lowest BCUT2D eigenvalue weighted by Gasteiger charge is -2.15. The van der Waals surface area contributed by atoms with Crippen molar-refractivity contribution in [2.75, 3.05) is 38.3 Å². The molecule has 0 unspecified atom stereocenters. The van der Waals surface area contributed by atoms with Gasteiger partial charge in [-0.25, -0.2) is 8.42 Å². The molecule has 0 bridgehead atoms. The van der Waals surface area contributed by atoms with Gasteiger partial charge in [-0.05, 0) is 38.2 Å². The monoisotopic (exact) mass is 330 g/mol. The fraction of sp³-hybridized carbons (Fsp3) is 0.375. The maximum atomic E-state index is 12.2. The van der Waals surface area contributed by atoms with Crippen LogP contribution in [0.1, 0.15) is 11.1 Å². The summed E-state index contributed by atoms with van der Waals surface area (Å²) in [6.07, 6.45) is 2.00. The molecule has 0 aliphatic carbocycles. The molecule has 120 valence electrons. The Balaban J connectivity index is 2.19. The van der Waals surface area contributed by atoms with E-state index in [1.807, 2.05) is 19.0 Å². The molecule has 23 heavy (non-hydrogen) atoms. The van der Waals surface area contributed by atoms with E-state index in [-0.39, 0.29) is 5.75 Å². The number of sulfone groups is 1. The van der Waals surface area contributed by atoms with Crippen molar-refractivity contribution in [1.82, 2.24) is 9.88 Å². The van der Waals surface area contributed by atoms with Crippen molar-refractivity contribution in [3.63, 3.8) is 0 Å². The summed E-state index contributed by atoms with van der Waals surface area (Å²) in [5.74, 6) is 0.120. The summed E-state index contributed by atoms with van der Waals surface area (Å²) in [5.41, 5.74) is 2.62. The molecule has 1 aliphatic heterocycles. The molecule has 0 radical (unpaired) electrons. The molecule has 1 aliphatic rings. The molecule has 2 aromatic rings. The van der Waals surface area contributed by atoms with Crippen LogP contribution in [-0.4, -0.2) is 51.2 Å². The van der Waals surface area contributed by atoms with Gasteiger partial charge in [0.15, 0.2) is 9.84 Å². The maximum absolute atomic E-state index is 12.2.